The molecule has 4 rings (SSSR count). The van der Waals surface area contributed by atoms with Gasteiger partial charge < -0.3 is 15.0 Å². The van der Waals surface area contributed by atoms with Gasteiger partial charge >= 0.3 is 5.97 Å². The second-order valence-corrected chi connectivity index (χ2v) is 7.29. The maximum absolute atomic E-state index is 12.6. The predicted octanol–water partition coefficient (Wildman–Crippen LogP) is 3.44. The Morgan fingerprint density at radius 2 is 2.03 bits per heavy atom. The summed E-state index contributed by atoms with van der Waals surface area (Å²) in [6.07, 6.45) is 5.74. The van der Waals surface area contributed by atoms with E-state index in [-0.39, 0.29) is 5.56 Å². The van der Waals surface area contributed by atoms with Crippen LogP contribution in [0.4, 0.5) is 11.5 Å². The van der Waals surface area contributed by atoms with Crippen molar-refractivity contribution >= 4 is 28.4 Å². The van der Waals surface area contributed by atoms with Crippen LogP contribution < -0.4 is 10.9 Å². The summed E-state index contributed by atoms with van der Waals surface area (Å²) in [4.78, 5) is 26.9. The third kappa shape index (κ3) is 3.25. The fraction of sp³-hybridized carbons (Fsp3) is 0.333. The zero-order valence-electron chi connectivity index (χ0n) is 16.1. The van der Waals surface area contributed by atoms with Crippen LogP contribution in [0.3, 0.4) is 0 Å². The number of carbonyl (C=O) groups excluding carboxylic acids is 1. The smallest absolute Gasteiger partial charge is 0.337 e. The maximum Gasteiger partial charge on any atom is 0.337 e. The number of nitrogens with one attached hydrogen (secondary N) is 2. The molecule has 2 N–H and O–H groups in total. The van der Waals surface area contributed by atoms with E-state index in [9.17, 15) is 14.9 Å². The predicted molar refractivity (Wildman–Crippen MR) is 108 cm³/mol. The highest BCUT2D eigenvalue weighted by Gasteiger charge is 2.38. The van der Waals surface area contributed by atoms with Gasteiger partial charge in [-0.3, -0.25) is 9.48 Å². The molecular weight excluding hydrogens is 370 g/mol. The van der Waals surface area contributed by atoms with Crippen LogP contribution in [0.5, 0.6) is 0 Å². The summed E-state index contributed by atoms with van der Waals surface area (Å²) < 4.78 is 6.58. The molecule has 2 aromatic heterocycles. The molecule has 0 saturated heterocycles. The lowest BCUT2D eigenvalue weighted by Gasteiger charge is -2.27. The van der Waals surface area contributed by atoms with Crippen LogP contribution >= 0.6 is 0 Å². The fourth-order valence-electron chi connectivity index (χ4n) is 4.11. The molecule has 1 fully saturated rings. The molecule has 1 aromatic carbocycles. The lowest BCUT2D eigenvalue weighted by atomic mass is 9.94. The molecule has 0 atom stereocenters. The summed E-state index contributed by atoms with van der Waals surface area (Å²) in [6.45, 7) is 0. The number of hydrogen-bond donors (Lipinski definition) is 2. The first kappa shape index (κ1) is 18.7. The van der Waals surface area contributed by atoms with E-state index in [0.717, 1.165) is 25.7 Å². The van der Waals surface area contributed by atoms with Crippen LogP contribution in [0.15, 0.2) is 41.3 Å². The molecule has 1 saturated carbocycles. The Labute approximate surface area is 167 Å². The first-order valence-corrected chi connectivity index (χ1v) is 9.51. The van der Waals surface area contributed by atoms with Gasteiger partial charge in [-0.25, -0.2) is 4.79 Å². The number of ether oxygens (including phenoxy) is 1. The highest BCUT2D eigenvalue weighted by molar-refractivity contribution is 5.92. The third-order valence-corrected chi connectivity index (χ3v) is 5.56. The molecule has 8 heteroatoms. The Hall–Kier alpha value is -3.60. The Morgan fingerprint density at radius 1 is 1.31 bits per heavy atom. The van der Waals surface area contributed by atoms with Crippen LogP contribution in [0.2, 0.25) is 0 Å². The molecule has 148 valence electrons. The molecule has 1 aliphatic carbocycles. The average molecular weight is 391 g/mol. The van der Waals surface area contributed by atoms with Crippen molar-refractivity contribution in [1.82, 2.24) is 14.8 Å². The van der Waals surface area contributed by atoms with Gasteiger partial charge in [0, 0.05) is 11.9 Å². The molecule has 0 spiro atoms. The molecule has 0 unspecified atom stereocenters. The van der Waals surface area contributed by atoms with Crippen LogP contribution in [-0.2, 0) is 10.3 Å². The minimum absolute atomic E-state index is 0.243. The molecule has 2 heterocycles. The summed E-state index contributed by atoms with van der Waals surface area (Å²) >= 11 is 0. The molecule has 1 aliphatic rings. The van der Waals surface area contributed by atoms with Gasteiger partial charge in [-0.1, -0.05) is 12.8 Å². The second-order valence-electron chi connectivity index (χ2n) is 7.29. The molecule has 3 aromatic rings. The Balaban J connectivity index is 1.78. The number of aromatic amines is 1. The van der Waals surface area contributed by atoms with Gasteiger partial charge in [0.15, 0.2) is 5.82 Å². The number of nitrogens with zero attached hydrogens (tertiary/aromatic N) is 3. The zero-order chi connectivity index (χ0) is 20.4. The summed E-state index contributed by atoms with van der Waals surface area (Å²) in [5, 5.41) is 17.8. The largest absolute Gasteiger partial charge is 0.465 e. The van der Waals surface area contributed by atoms with Crippen LogP contribution in [-0.4, -0.2) is 27.8 Å². The van der Waals surface area contributed by atoms with E-state index in [1.54, 1.807) is 30.5 Å². The van der Waals surface area contributed by atoms with E-state index in [0.29, 0.717) is 34.4 Å². The van der Waals surface area contributed by atoms with Crippen molar-refractivity contribution in [3.63, 3.8) is 0 Å². The summed E-state index contributed by atoms with van der Waals surface area (Å²) in [6, 6.07) is 10.9. The van der Waals surface area contributed by atoms with Crippen LogP contribution in [0.1, 0.15) is 42.5 Å². The highest BCUT2D eigenvalue weighted by Crippen LogP contribution is 2.41. The topological polar surface area (TPSA) is 113 Å². The minimum Gasteiger partial charge on any atom is -0.465 e. The molecule has 0 bridgehead atoms. The van der Waals surface area contributed by atoms with Gasteiger partial charge in [0.25, 0.3) is 5.56 Å². The van der Waals surface area contributed by atoms with Crippen LogP contribution in [0, 0.1) is 11.3 Å². The van der Waals surface area contributed by atoms with E-state index in [4.69, 9.17) is 9.84 Å². The van der Waals surface area contributed by atoms with Gasteiger partial charge in [-0.15, -0.1) is 0 Å². The highest BCUT2D eigenvalue weighted by atomic mass is 16.5. The summed E-state index contributed by atoms with van der Waals surface area (Å²) in [5.41, 5.74) is 1.20. The lowest BCUT2D eigenvalue weighted by Crippen LogP contribution is -2.31. The zero-order valence-corrected chi connectivity index (χ0v) is 16.1. The molecule has 29 heavy (non-hydrogen) atoms. The third-order valence-electron chi connectivity index (χ3n) is 5.56. The first-order valence-electron chi connectivity index (χ1n) is 9.51. The number of H-pyrrole nitrogens is 1. The fourth-order valence-corrected chi connectivity index (χ4v) is 4.11. The van der Waals surface area contributed by atoms with Gasteiger partial charge in [0.1, 0.15) is 5.39 Å². The lowest BCUT2D eigenvalue weighted by molar-refractivity contribution is 0.0601. The second kappa shape index (κ2) is 7.43. The van der Waals surface area contributed by atoms with E-state index in [2.05, 4.69) is 16.4 Å². The standard InChI is InChI=1S/C21H21N5O3/c1-29-20(28)14-4-6-15(7-5-14)24-18-17-16(8-13-23-19(17)27)26(25-18)21(11-12-22)9-2-3-10-21/h4-8,13H,2-3,9-11H2,1H3,(H,23,27)(H,24,25). The van der Waals surface area contributed by atoms with Crippen molar-refractivity contribution in [2.75, 3.05) is 12.4 Å². The first-order chi connectivity index (χ1) is 14.1. The summed E-state index contributed by atoms with van der Waals surface area (Å²) in [7, 11) is 1.33. The Kier molecular flexibility index (Phi) is 4.80. The van der Waals surface area contributed by atoms with E-state index in [1.807, 2.05) is 10.7 Å². The Morgan fingerprint density at radius 3 is 2.69 bits per heavy atom. The number of methoxy groups -OCH3 is 1. The van der Waals surface area contributed by atoms with E-state index in [1.165, 1.54) is 7.11 Å². The minimum atomic E-state index is -0.414. The SMILES string of the molecule is COC(=O)c1ccc(Nc2nn(C3(CC#N)CCCC3)c3cc[nH]c(=O)c23)cc1. The Bertz CT molecular complexity index is 1150. The number of nitriles is 1. The van der Waals surface area contributed by atoms with E-state index < -0.39 is 11.5 Å². The van der Waals surface area contributed by atoms with Gasteiger partial charge in [-0.05, 0) is 43.2 Å². The molecule has 0 amide bonds. The molecule has 8 nitrogen and oxygen atoms in total. The number of hydrogen-bond acceptors (Lipinski definition) is 6. The number of aromatic nitrogens is 3. The van der Waals surface area contributed by atoms with Gasteiger partial charge in [0.05, 0.1) is 36.2 Å². The van der Waals surface area contributed by atoms with Crippen molar-refractivity contribution in [2.45, 2.75) is 37.6 Å². The molecule has 0 radical (unpaired) electrons. The average Bonchev–Trinajstić information content (AvgIpc) is 3.35. The number of pyridine rings is 1. The number of esters is 1. The molecular formula is C21H21N5O3. The van der Waals surface area contributed by atoms with Gasteiger partial charge in [-0.2, -0.15) is 10.4 Å². The van der Waals surface area contributed by atoms with Crippen LogP contribution in [0.25, 0.3) is 10.9 Å². The normalized spacial score (nSPS) is 15.2. The number of benzene rings is 1. The van der Waals surface area contributed by atoms with E-state index >= 15 is 0 Å². The van der Waals surface area contributed by atoms with Crippen molar-refractivity contribution in [2.24, 2.45) is 0 Å². The van der Waals surface area contributed by atoms with Gasteiger partial charge in [0.2, 0.25) is 0 Å². The number of anilines is 2. The number of rotatable bonds is 5. The maximum atomic E-state index is 12.6. The monoisotopic (exact) mass is 391 g/mol. The van der Waals surface area contributed by atoms with Crippen molar-refractivity contribution < 1.29 is 9.53 Å². The van der Waals surface area contributed by atoms with Crippen molar-refractivity contribution in [3.8, 4) is 6.07 Å². The number of carbonyl (C=O) groups is 1. The molecule has 0 aliphatic heterocycles. The number of fused-ring (bicyclic) bond motifs is 1. The quantitative estimate of drug-likeness (QED) is 0.644. The summed E-state index contributed by atoms with van der Waals surface area (Å²) in [5.74, 6) is 0.0132. The van der Waals surface area contributed by atoms with Crippen molar-refractivity contribution in [3.05, 3.63) is 52.4 Å². The van der Waals surface area contributed by atoms with Crippen molar-refractivity contribution in [1.29, 1.82) is 5.26 Å².